The highest BCUT2D eigenvalue weighted by Gasteiger charge is 2.67. The van der Waals surface area contributed by atoms with Gasteiger partial charge in [-0.15, -0.1) is 0 Å². The first-order chi connectivity index (χ1) is 15.1. The van der Waals surface area contributed by atoms with Gasteiger partial charge in [0, 0.05) is 0 Å². The fourth-order valence-corrected chi connectivity index (χ4v) is 11.7. The van der Waals surface area contributed by atoms with E-state index in [2.05, 4.69) is 48.5 Å². The molecule has 3 heteroatoms. The normalized spacial score (nSPS) is 57.6. The molecule has 0 radical (unpaired) electrons. The molecule has 0 bridgehead atoms. The summed E-state index contributed by atoms with van der Waals surface area (Å²) in [6, 6.07) is 0. The molecule has 190 valence electrons. The third-order valence-corrected chi connectivity index (χ3v) is 13.4. The molecule has 5 aliphatic rings. The SMILES string of the molecule is CC1(C)[C@H]2CC[C@@]3(C)C[C@@]4(O)CC[C@H]5C(C)(C)[C@@H](O)CC[C@]5(C)[C@H]4CC[C@@H]3[C@@]2(C)CC[C@@H]1O. The summed E-state index contributed by atoms with van der Waals surface area (Å²) < 4.78 is 0. The second-order valence-corrected chi connectivity index (χ2v) is 15.6. The van der Waals surface area contributed by atoms with Gasteiger partial charge < -0.3 is 15.3 Å². The van der Waals surface area contributed by atoms with Crippen LogP contribution in [0.2, 0.25) is 0 Å². The van der Waals surface area contributed by atoms with Crippen LogP contribution in [0.25, 0.3) is 0 Å². The second kappa shape index (κ2) is 7.22. The van der Waals surface area contributed by atoms with E-state index in [-0.39, 0.29) is 39.3 Å². The van der Waals surface area contributed by atoms with Gasteiger partial charge in [-0.3, -0.25) is 0 Å². The molecule has 0 aromatic carbocycles. The Bertz CT molecular complexity index is 725. The molecule has 0 aromatic rings. The van der Waals surface area contributed by atoms with Gasteiger partial charge in [0.2, 0.25) is 0 Å². The summed E-state index contributed by atoms with van der Waals surface area (Å²) in [4.78, 5) is 0. The molecule has 10 atom stereocenters. The fourth-order valence-electron chi connectivity index (χ4n) is 11.7. The van der Waals surface area contributed by atoms with Crippen LogP contribution < -0.4 is 0 Å². The van der Waals surface area contributed by atoms with Crippen molar-refractivity contribution in [2.75, 3.05) is 0 Å². The van der Waals surface area contributed by atoms with Crippen LogP contribution in [0.15, 0.2) is 0 Å². The zero-order chi connectivity index (χ0) is 24.2. The van der Waals surface area contributed by atoms with E-state index in [4.69, 9.17) is 0 Å². The molecule has 5 saturated carbocycles. The molecule has 0 heterocycles. The van der Waals surface area contributed by atoms with E-state index >= 15 is 0 Å². The van der Waals surface area contributed by atoms with E-state index in [1.165, 1.54) is 19.3 Å². The number of hydrogen-bond acceptors (Lipinski definition) is 3. The first-order valence-electron chi connectivity index (χ1n) is 14.2. The first kappa shape index (κ1) is 24.6. The zero-order valence-electron chi connectivity index (χ0n) is 22.6. The van der Waals surface area contributed by atoms with Crippen molar-refractivity contribution >= 4 is 0 Å². The second-order valence-electron chi connectivity index (χ2n) is 15.6. The van der Waals surface area contributed by atoms with Crippen LogP contribution in [-0.2, 0) is 0 Å². The zero-order valence-corrected chi connectivity index (χ0v) is 22.6. The maximum absolute atomic E-state index is 12.4. The van der Waals surface area contributed by atoms with Crippen molar-refractivity contribution < 1.29 is 15.3 Å². The van der Waals surface area contributed by atoms with Crippen LogP contribution in [-0.4, -0.2) is 33.1 Å². The van der Waals surface area contributed by atoms with Gasteiger partial charge in [-0.2, -0.15) is 0 Å². The molecule has 3 nitrogen and oxygen atoms in total. The molecule has 3 N–H and O–H groups in total. The Labute approximate surface area is 203 Å². The number of aliphatic hydroxyl groups excluding tert-OH is 2. The van der Waals surface area contributed by atoms with Crippen molar-refractivity contribution in [3.8, 4) is 0 Å². The fraction of sp³-hybridized carbons (Fsp3) is 1.00. The van der Waals surface area contributed by atoms with Crippen LogP contribution >= 0.6 is 0 Å². The molecular weight excluding hydrogens is 408 g/mol. The van der Waals surface area contributed by atoms with Gasteiger partial charge >= 0.3 is 0 Å². The van der Waals surface area contributed by atoms with E-state index in [9.17, 15) is 15.3 Å². The average Bonchev–Trinajstić information content (AvgIpc) is 2.82. The molecule has 5 fully saturated rings. The number of hydrogen-bond donors (Lipinski definition) is 3. The number of rotatable bonds is 0. The van der Waals surface area contributed by atoms with E-state index in [0.29, 0.717) is 23.7 Å². The highest BCUT2D eigenvalue weighted by molar-refractivity contribution is 5.16. The third-order valence-electron chi connectivity index (χ3n) is 13.4. The van der Waals surface area contributed by atoms with Gasteiger partial charge in [-0.25, -0.2) is 0 Å². The molecule has 0 spiro atoms. The smallest absolute Gasteiger partial charge is 0.0686 e. The minimum Gasteiger partial charge on any atom is -0.393 e. The summed E-state index contributed by atoms with van der Waals surface area (Å²) in [6.07, 6.45) is 11.2. The van der Waals surface area contributed by atoms with Crippen molar-refractivity contribution in [2.45, 2.75) is 137 Å². The van der Waals surface area contributed by atoms with E-state index in [1.54, 1.807) is 0 Å². The lowest BCUT2D eigenvalue weighted by atomic mass is 9.41. The Morgan fingerprint density at radius 2 is 0.970 bits per heavy atom. The van der Waals surface area contributed by atoms with Crippen molar-refractivity contribution in [3.05, 3.63) is 0 Å². The lowest BCUT2D eigenvalue weighted by Gasteiger charge is -2.65. The largest absolute Gasteiger partial charge is 0.393 e. The van der Waals surface area contributed by atoms with Gasteiger partial charge in [-0.1, -0.05) is 48.5 Å². The number of aliphatic hydroxyl groups is 3. The van der Waals surface area contributed by atoms with Crippen molar-refractivity contribution in [1.82, 2.24) is 0 Å². The summed E-state index contributed by atoms with van der Waals surface area (Å²) in [5, 5.41) is 34.2. The molecule has 5 aliphatic carbocycles. The lowest BCUT2D eigenvalue weighted by Crippen LogP contribution is -2.62. The summed E-state index contributed by atoms with van der Waals surface area (Å²) >= 11 is 0. The van der Waals surface area contributed by atoms with Crippen LogP contribution in [0.4, 0.5) is 0 Å². The Hall–Kier alpha value is -0.120. The molecular formula is C30H52O3. The van der Waals surface area contributed by atoms with Crippen LogP contribution in [0.3, 0.4) is 0 Å². The topological polar surface area (TPSA) is 60.7 Å². The Morgan fingerprint density at radius 1 is 0.515 bits per heavy atom. The lowest BCUT2D eigenvalue weighted by molar-refractivity contribution is -0.212. The maximum atomic E-state index is 12.4. The monoisotopic (exact) mass is 460 g/mol. The minimum absolute atomic E-state index is 0.0229. The molecule has 0 aromatic heterocycles. The molecule has 0 unspecified atom stereocenters. The molecule has 0 amide bonds. The van der Waals surface area contributed by atoms with Crippen LogP contribution in [0.1, 0.15) is 119 Å². The highest BCUT2D eigenvalue weighted by atomic mass is 16.3. The van der Waals surface area contributed by atoms with Crippen molar-refractivity contribution in [1.29, 1.82) is 0 Å². The quantitative estimate of drug-likeness (QED) is 0.395. The van der Waals surface area contributed by atoms with E-state index in [0.717, 1.165) is 51.4 Å². The summed E-state index contributed by atoms with van der Waals surface area (Å²) in [6.45, 7) is 16.7. The Kier molecular flexibility index (Phi) is 5.38. The first-order valence-corrected chi connectivity index (χ1v) is 14.2. The molecule has 33 heavy (non-hydrogen) atoms. The highest BCUT2D eigenvalue weighted by Crippen LogP contribution is 2.71. The standard InChI is InChI=1S/C30H52O3/c1-25(2)19-10-14-27(5)18-30(33)17-11-20-26(3,4)24(32)13-16-29(20,7)22(30)9-8-21(27)28(19,6)15-12-23(25)31/h19-24,31-33H,8-18H2,1-7H3/t19-,20+,21+,22-,23+,24+,27+,28+,29+,30+/m1/s1. The van der Waals surface area contributed by atoms with Crippen molar-refractivity contribution in [2.24, 2.45) is 50.7 Å². The van der Waals surface area contributed by atoms with Gasteiger partial charge in [0.05, 0.1) is 17.8 Å². The maximum Gasteiger partial charge on any atom is 0.0686 e. The van der Waals surface area contributed by atoms with Crippen LogP contribution in [0, 0.1) is 50.7 Å². The van der Waals surface area contributed by atoms with Crippen LogP contribution in [0.5, 0.6) is 0 Å². The summed E-state index contributed by atoms with van der Waals surface area (Å²) in [5.41, 5.74) is -0.118. The predicted octanol–water partition coefficient (Wildman–Crippen LogP) is 6.33. The van der Waals surface area contributed by atoms with Gasteiger partial charge in [0.25, 0.3) is 0 Å². The molecule has 0 saturated heterocycles. The minimum atomic E-state index is -0.569. The summed E-state index contributed by atoms with van der Waals surface area (Å²) in [5.74, 6) is 2.00. The number of fused-ring (bicyclic) bond motifs is 6. The molecule has 0 aliphatic heterocycles. The van der Waals surface area contributed by atoms with Gasteiger partial charge in [0.15, 0.2) is 0 Å². The van der Waals surface area contributed by atoms with Gasteiger partial charge in [-0.05, 0) is 121 Å². The summed E-state index contributed by atoms with van der Waals surface area (Å²) in [7, 11) is 0. The Balaban J connectivity index is 1.52. The molecule has 5 rings (SSSR count). The van der Waals surface area contributed by atoms with Gasteiger partial charge in [0.1, 0.15) is 0 Å². The van der Waals surface area contributed by atoms with Crippen molar-refractivity contribution in [3.63, 3.8) is 0 Å². The van der Waals surface area contributed by atoms with E-state index in [1.807, 2.05) is 0 Å². The van der Waals surface area contributed by atoms with E-state index < -0.39 is 5.60 Å². The predicted molar refractivity (Wildman–Crippen MR) is 134 cm³/mol. The Morgan fingerprint density at radius 3 is 1.52 bits per heavy atom. The average molecular weight is 461 g/mol. The third kappa shape index (κ3) is 3.16.